The molecule has 0 unspecified atom stereocenters. The molecule has 0 N–H and O–H groups in total. The lowest BCUT2D eigenvalue weighted by atomic mass is 10.1. The molecule has 0 aliphatic heterocycles. The van der Waals surface area contributed by atoms with Crippen molar-refractivity contribution in [2.75, 3.05) is 0 Å². The molecule has 2 aromatic heterocycles. The summed E-state index contributed by atoms with van der Waals surface area (Å²) >= 11 is 0. The normalized spacial score (nSPS) is 10.8. The highest BCUT2D eigenvalue weighted by Crippen LogP contribution is 2.26. The van der Waals surface area contributed by atoms with Gasteiger partial charge < -0.3 is 13.7 Å². The van der Waals surface area contributed by atoms with Crippen LogP contribution in [0.1, 0.15) is 16.9 Å². The van der Waals surface area contributed by atoms with Crippen molar-refractivity contribution < 1.29 is 18.6 Å². The topological polar surface area (TPSA) is 104 Å². The Balaban J connectivity index is 1.46. The molecular formula is C21H17N3O5. The van der Waals surface area contributed by atoms with Gasteiger partial charge in [0, 0.05) is 17.7 Å². The fraction of sp³-hybridized carbons (Fsp3) is 0.143. The third-order valence-corrected chi connectivity index (χ3v) is 4.21. The first-order valence-corrected chi connectivity index (χ1v) is 8.86. The molecule has 0 spiro atoms. The first-order chi connectivity index (χ1) is 14.0. The van der Waals surface area contributed by atoms with Gasteiger partial charge in [-0.15, -0.1) is 0 Å². The molecule has 4 rings (SSSR count). The number of ether oxygens (including phenoxy) is 1. The van der Waals surface area contributed by atoms with E-state index in [1.165, 1.54) is 12.1 Å². The van der Waals surface area contributed by atoms with Crippen molar-refractivity contribution in [2.24, 2.45) is 0 Å². The summed E-state index contributed by atoms with van der Waals surface area (Å²) in [5.74, 6) is 2.35. The SMILES string of the molecule is Cc1cc(C)cc(OCc2ccc(-c3nc(-c4ccc([N+](=O)[O-])cc4)no3)o2)c1. The number of nitro groups is 1. The zero-order valence-corrected chi connectivity index (χ0v) is 15.8. The van der Waals surface area contributed by atoms with Crippen LogP contribution in [0.15, 0.2) is 63.5 Å². The van der Waals surface area contributed by atoms with E-state index in [9.17, 15) is 10.1 Å². The number of rotatable bonds is 6. The maximum atomic E-state index is 10.8. The molecule has 0 saturated carbocycles. The van der Waals surface area contributed by atoms with Gasteiger partial charge in [0.25, 0.3) is 11.6 Å². The number of furan rings is 1. The molecular weight excluding hydrogens is 374 g/mol. The second kappa shape index (κ2) is 7.59. The molecule has 29 heavy (non-hydrogen) atoms. The van der Waals surface area contributed by atoms with E-state index in [1.807, 2.05) is 26.0 Å². The van der Waals surface area contributed by atoms with Crippen molar-refractivity contribution >= 4 is 5.69 Å². The fourth-order valence-electron chi connectivity index (χ4n) is 2.91. The lowest BCUT2D eigenvalue weighted by Gasteiger charge is -2.06. The number of aromatic nitrogens is 2. The van der Waals surface area contributed by atoms with E-state index in [2.05, 4.69) is 16.2 Å². The van der Waals surface area contributed by atoms with Gasteiger partial charge in [-0.25, -0.2) is 0 Å². The van der Waals surface area contributed by atoms with Crippen molar-refractivity contribution in [1.29, 1.82) is 0 Å². The van der Waals surface area contributed by atoms with E-state index in [0.29, 0.717) is 22.9 Å². The van der Waals surface area contributed by atoms with Gasteiger partial charge >= 0.3 is 0 Å². The van der Waals surface area contributed by atoms with Gasteiger partial charge in [0.05, 0.1) is 4.92 Å². The third kappa shape index (κ3) is 4.16. The van der Waals surface area contributed by atoms with Gasteiger partial charge in [0.2, 0.25) is 5.82 Å². The molecule has 0 atom stereocenters. The molecule has 146 valence electrons. The van der Waals surface area contributed by atoms with E-state index in [-0.39, 0.29) is 18.2 Å². The van der Waals surface area contributed by atoms with Crippen molar-refractivity contribution in [3.8, 4) is 28.8 Å². The van der Waals surface area contributed by atoms with Crippen molar-refractivity contribution in [2.45, 2.75) is 20.5 Å². The molecule has 2 aromatic carbocycles. The van der Waals surface area contributed by atoms with Crippen molar-refractivity contribution in [3.05, 3.63) is 81.6 Å². The van der Waals surface area contributed by atoms with Crippen LogP contribution < -0.4 is 4.74 Å². The lowest BCUT2D eigenvalue weighted by Crippen LogP contribution is -1.94. The van der Waals surface area contributed by atoms with E-state index < -0.39 is 4.92 Å². The second-order valence-electron chi connectivity index (χ2n) is 6.61. The van der Waals surface area contributed by atoms with E-state index >= 15 is 0 Å². The number of aryl methyl sites for hydroxylation is 2. The van der Waals surface area contributed by atoms with Crippen LogP contribution >= 0.6 is 0 Å². The zero-order valence-electron chi connectivity index (χ0n) is 15.8. The van der Waals surface area contributed by atoms with Crippen LogP contribution in [0, 0.1) is 24.0 Å². The number of nitrogens with zero attached hydrogens (tertiary/aromatic N) is 3. The van der Waals surface area contributed by atoms with E-state index in [1.54, 1.807) is 24.3 Å². The second-order valence-corrected chi connectivity index (χ2v) is 6.61. The third-order valence-electron chi connectivity index (χ3n) is 4.21. The summed E-state index contributed by atoms with van der Waals surface area (Å²) in [6, 6.07) is 15.4. The van der Waals surface area contributed by atoms with Crippen LogP contribution in [0.5, 0.6) is 5.75 Å². The van der Waals surface area contributed by atoms with E-state index in [4.69, 9.17) is 13.7 Å². The monoisotopic (exact) mass is 391 g/mol. The number of non-ortho nitro benzene ring substituents is 1. The van der Waals surface area contributed by atoms with Crippen LogP contribution in [0.25, 0.3) is 23.0 Å². The minimum atomic E-state index is -0.462. The fourth-order valence-corrected chi connectivity index (χ4v) is 2.91. The maximum absolute atomic E-state index is 10.8. The molecule has 4 aromatic rings. The molecule has 8 nitrogen and oxygen atoms in total. The summed E-state index contributed by atoms with van der Waals surface area (Å²) in [7, 11) is 0. The summed E-state index contributed by atoms with van der Waals surface area (Å²) in [6.45, 7) is 4.30. The van der Waals surface area contributed by atoms with Gasteiger partial charge in [-0.2, -0.15) is 4.98 Å². The summed E-state index contributed by atoms with van der Waals surface area (Å²) < 4.78 is 16.8. The number of hydrogen-bond donors (Lipinski definition) is 0. The highest BCUT2D eigenvalue weighted by atomic mass is 16.6. The maximum Gasteiger partial charge on any atom is 0.293 e. The van der Waals surface area contributed by atoms with E-state index in [0.717, 1.165) is 16.9 Å². The number of nitro benzene ring substituents is 1. The molecule has 0 fully saturated rings. The Hall–Kier alpha value is -3.94. The Kier molecular flexibility index (Phi) is 4.82. The summed E-state index contributed by atoms with van der Waals surface area (Å²) in [6.07, 6.45) is 0. The van der Waals surface area contributed by atoms with Crippen LogP contribution in [0.3, 0.4) is 0 Å². The van der Waals surface area contributed by atoms with Crippen molar-refractivity contribution in [1.82, 2.24) is 10.1 Å². The minimum absolute atomic E-state index is 0.00283. The van der Waals surface area contributed by atoms with Gasteiger partial charge in [-0.1, -0.05) is 11.2 Å². The molecule has 8 heteroatoms. The average Bonchev–Trinajstić information content (AvgIpc) is 3.35. The van der Waals surface area contributed by atoms with Crippen molar-refractivity contribution in [3.63, 3.8) is 0 Å². The Labute approximate surface area is 165 Å². The number of hydrogen-bond acceptors (Lipinski definition) is 7. The molecule has 2 heterocycles. The number of benzene rings is 2. The predicted octanol–water partition coefficient (Wildman–Crippen LogP) is 5.10. The zero-order chi connectivity index (χ0) is 20.4. The highest BCUT2D eigenvalue weighted by molar-refractivity contribution is 5.59. The highest BCUT2D eigenvalue weighted by Gasteiger charge is 2.15. The molecule has 0 saturated heterocycles. The Morgan fingerprint density at radius 3 is 2.45 bits per heavy atom. The standard InChI is InChI=1S/C21H17N3O5/c1-13-9-14(2)11-18(10-13)27-12-17-7-8-19(28-17)21-22-20(23-29-21)15-3-5-16(6-4-15)24(25)26/h3-11H,12H2,1-2H3. The van der Waals surface area contributed by atoms with Gasteiger partial charge in [-0.3, -0.25) is 10.1 Å². The predicted molar refractivity (Wildman–Crippen MR) is 104 cm³/mol. The molecule has 0 radical (unpaired) electrons. The Morgan fingerprint density at radius 1 is 1.03 bits per heavy atom. The molecule has 0 aliphatic rings. The summed E-state index contributed by atoms with van der Waals surface area (Å²) in [5.41, 5.74) is 2.86. The largest absolute Gasteiger partial charge is 0.486 e. The Morgan fingerprint density at radius 2 is 1.76 bits per heavy atom. The summed E-state index contributed by atoms with van der Waals surface area (Å²) in [4.78, 5) is 14.6. The summed E-state index contributed by atoms with van der Waals surface area (Å²) in [5, 5.41) is 14.7. The first-order valence-electron chi connectivity index (χ1n) is 8.86. The molecule has 0 amide bonds. The smallest absolute Gasteiger partial charge is 0.293 e. The first kappa shape index (κ1) is 18.4. The quantitative estimate of drug-likeness (QED) is 0.332. The van der Waals surface area contributed by atoms with Gasteiger partial charge in [0.1, 0.15) is 18.1 Å². The van der Waals surface area contributed by atoms with Crippen LogP contribution in [0.4, 0.5) is 5.69 Å². The van der Waals surface area contributed by atoms with Crippen LogP contribution in [-0.4, -0.2) is 15.1 Å². The minimum Gasteiger partial charge on any atom is -0.486 e. The van der Waals surface area contributed by atoms with Gasteiger partial charge in [0.15, 0.2) is 5.76 Å². The lowest BCUT2D eigenvalue weighted by molar-refractivity contribution is -0.384. The molecule has 0 aliphatic carbocycles. The molecule has 0 bridgehead atoms. The van der Waals surface area contributed by atoms with Gasteiger partial charge in [-0.05, 0) is 61.4 Å². The van der Waals surface area contributed by atoms with Crippen LogP contribution in [0.2, 0.25) is 0 Å². The van der Waals surface area contributed by atoms with Crippen LogP contribution in [-0.2, 0) is 6.61 Å². The average molecular weight is 391 g/mol. The Bertz CT molecular complexity index is 1140.